The van der Waals surface area contributed by atoms with Crippen LogP contribution in [0.2, 0.25) is 0 Å². The van der Waals surface area contributed by atoms with Gasteiger partial charge in [0, 0.05) is 37.7 Å². The van der Waals surface area contributed by atoms with Gasteiger partial charge in [-0.05, 0) is 38.0 Å². The molecule has 1 N–H and O–H groups in total. The first-order chi connectivity index (χ1) is 11.3. The van der Waals surface area contributed by atoms with Crippen molar-refractivity contribution in [2.24, 2.45) is 22.2 Å². The van der Waals surface area contributed by atoms with Crippen LogP contribution in [0.15, 0.2) is 4.99 Å². The molecule has 4 nitrogen and oxygen atoms in total. The van der Waals surface area contributed by atoms with Crippen molar-refractivity contribution >= 4 is 29.9 Å². The average molecular weight is 447 g/mol. The fourth-order valence-electron chi connectivity index (χ4n) is 5.10. The van der Waals surface area contributed by atoms with Crippen molar-refractivity contribution in [2.75, 3.05) is 32.8 Å². The minimum Gasteiger partial charge on any atom is -0.381 e. The molecule has 2 aliphatic heterocycles. The first-order valence-electron chi connectivity index (χ1n) is 9.93. The summed E-state index contributed by atoms with van der Waals surface area (Å²) >= 11 is 0. The highest BCUT2D eigenvalue weighted by atomic mass is 127. The van der Waals surface area contributed by atoms with E-state index in [2.05, 4.69) is 17.1 Å². The molecule has 0 bridgehead atoms. The number of nitrogens with one attached hydrogen (secondary N) is 1. The molecule has 0 radical (unpaired) electrons. The Kier molecular flexibility index (Phi) is 6.33. The first kappa shape index (κ1) is 18.7. The lowest BCUT2D eigenvalue weighted by atomic mass is 9.85. The third kappa shape index (κ3) is 4.02. The van der Waals surface area contributed by atoms with E-state index < -0.39 is 0 Å². The molecule has 3 atom stereocenters. The summed E-state index contributed by atoms with van der Waals surface area (Å²) < 4.78 is 5.67. The van der Waals surface area contributed by atoms with Gasteiger partial charge in [-0.25, -0.2) is 0 Å². The summed E-state index contributed by atoms with van der Waals surface area (Å²) in [5, 5.41) is 3.82. The number of aliphatic imine (C=N–C) groups is 1. The number of halogens is 1. The summed E-state index contributed by atoms with van der Waals surface area (Å²) in [4.78, 5) is 7.32. The number of likely N-dealkylation sites (tertiary alicyclic amines) is 1. The summed E-state index contributed by atoms with van der Waals surface area (Å²) in [6.45, 7) is 7.22. The van der Waals surface area contributed by atoms with Crippen LogP contribution in [0.25, 0.3) is 0 Å². The second-order valence-electron chi connectivity index (χ2n) is 8.32. The van der Waals surface area contributed by atoms with Crippen molar-refractivity contribution in [2.45, 2.75) is 64.3 Å². The van der Waals surface area contributed by atoms with E-state index in [0.717, 1.165) is 44.7 Å². The Labute approximate surface area is 164 Å². The summed E-state index contributed by atoms with van der Waals surface area (Å²) in [5.74, 6) is 3.08. The molecule has 4 aliphatic rings. The Morgan fingerprint density at radius 3 is 2.79 bits per heavy atom. The summed E-state index contributed by atoms with van der Waals surface area (Å²) in [6.07, 6.45) is 11.2. The number of nitrogens with zero attached hydrogens (tertiary/aromatic N) is 2. The normalized spacial score (nSPS) is 36.9. The maximum absolute atomic E-state index is 5.67. The number of hydrogen-bond donors (Lipinski definition) is 1. The zero-order valence-corrected chi connectivity index (χ0v) is 17.5. The van der Waals surface area contributed by atoms with Gasteiger partial charge in [-0.1, -0.05) is 32.1 Å². The molecule has 2 saturated heterocycles. The molecule has 0 aromatic rings. The van der Waals surface area contributed by atoms with Crippen molar-refractivity contribution in [3.8, 4) is 0 Å². The van der Waals surface area contributed by atoms with Gasteiger partial charge < -0.3 is 15.0 Å². The van der Waals surface area contributed by atoms with E-state index in [1.54, 1.807) is 0 Å². The van der Waals surface area contributed by atoms with Crippen LogP contribution in [0, 0.1) is 17.3 Å². The Morgan fingerprint density at radius 1 is 1.25 bits per heavy atom. The molecule has 0 amide bonds. The van der Waals surface area contributed by atoms with Crippen LogP contribution in [0.3, 0.4) is 0 Å². The predicted octanol–water partition coefficient (Wildman–Crippen LogP) is 3.65. The van der Waals surface area contributed by atoms with Gasteiger partial charge in [0.05, 0.1) is 6.61 Å². The van der Waals surface area contributed by atoms with Gasteiger partial charge in [0.15, 0.2) is 5.96 Å². The SMILES string of the molecule is CCN=C(NC1CC1C1CCCCC1)N1CCC2(CCOC2)C1.I. The van der Waals surface area contributed by atoms with Crippen LogP contribution in [0.1, 0.15) is 58.3 Å². The molecule has 2 heterocycles. The first-order valence-corrected chi connectivity index (χ1v) is 9.93. The number of ether oxygens (including phenoxy) is 1. The van der Waals surface area contributed by atoms with Gasteiger partial charge in [-0.2, -0.15) is 0 Å². The smallest absolute Gasteiger partial charge is 0.194 e. The second-order valence-corrected chi connectivity index (χ2v) is 8.32. The van der Waals surface area contributed by atoms with Crippen LogP contribution in [-0.4, -0.2) is 49.7 Å². The average Bonchev–Trinajstić information content (AvgIpc) is 3.01. The van der Waals surface area contributed by atoms with E-state index in [0.29, 0.717) is 11.5 Å². The molecular weight excluding hydrogens is 413 g/mol. The third-order valence-electron chi connectivity index (χ3n) is 6.64. The molecule has 0 aromatic carbocycles. The summed E-state index contributed by atoms with van der Waals surface area (Å²) in [6, 6.07) is 0.694. The predicted molar refractivity (Wildman–Crippen MR) is 109 cm³/mol. The van der Waals surface area contributed by atoms with Crippen molar-refractivity contribution in [3.05, 3.63) is 0 Å². The maximum atomic E-state index is 5.67. The fraction of sp³-hybridized carbons (Fsp3) is 0.947. The topological polar surface area (TPSA) is 36.9 Å². The molecule has 3 unspecified atom stereocenters. The van der Waals surface area contributed by atoms with Crippen LogP contribution in [0.4, 0.5) is 0 Å². The summed E-state index contributed by atoms with van der Waals surface area (Å²) in [5.41, 5.74) is 0.419. The minimum atomic E-state index is 0. The van der Waals surface area contributed by atoms with Crippen molar-refractivity contribution in [1.82, 2.24) is 10.2 Å². The quantitative estimate of drug-likeness (QED) is 0.408. The second kappa shape index (κ2) is 8.11. The van der Waals surface area contributed by atoms with Crippen LogP contribution in [-0.2, 0) is 4.74 Å². The van der Waals surface area contributed by atoms with Gasteiger partial charge in [0.2, 0.25) is 0 Å². The van der Waals surface area contributed by atoms with Gasteiger partial charge in [-0.3, -0.25) is 4.99 Å². The Balaban J connectivity index is 0.00000169. The van der Waals surface area contributed by atoms with Crippen molar-refractivity contribution in [3.63, 3.8) is 0 Å². The van der Waals surface area contributed by atoms with E-state index in [9.17, 15) is 0 Å². The Bertz CT molecular complexity index is 444. The molecule has 24 heavy (non-hydrogen) atoms. The molecular formula is C19H34IN3O. The summed E-state index contributed by atoms with van der Waals surface area (Å²) in [7, 11) is 0. The molecule has 0 aromatic heterocycles. The van der Waals surface area contributed by atoms with Crippen LogP contribution < -0.4 is 5.32 Å². The number of guanidine groups is 1. The van der Waals surface area contributed by atoms with Gasteiger partial charge >= 0.3 is 0 Å². The van der Waals surface area contributed by atoms with E-state index in [-0.39, 0.29) is 24.0 Å². The van der Waals surface area contributed by atoms with Crippen LogP contribution >= 0.6 is 24.0 Å². The zero-order chi connectivity index (χ0) is 15.7. The molecule has 4 fully saturated rings. The highest BCUT2D eigenvalue weighted by Crippen LogP contribution is 2.45. The van der Waals surface area contributed by atoms with E-state index in [1.807, 2.05) is 0 Å². The standard InChI is InChI=1S/C19H33N3O.HI/c1-2-20-18(22-10-8-19(13-22)9-11-23-14-19)21-17-12-16(17)15-6-4-3-5-7-15;/h15-17H,2-14H2,1H3,(H,20,21);1H. The van der Waals surface area contributed by atoms with Gasteiger partial charge in [-0.15, -0.1) is 24.0 Å². The Hall–Kier alpha value is -0.0400. The van der Waals surface area contributed by atoms with Crippen molar-refractivity contribution in [1.29, 1.82) is 0 Å². The molecule has 5 heteroatoms. The zero-order valence-electron chi connectivity index (χ0n) is 15.1. The monoisotopic (exact) mass is 447 g/mol. The molecule has 4 rings (SSSR count). The molecule has 138 valence electrons. The van der Waals surface area contributed by atoms with Crippen LogP contribution in [0.5, 0.6) is 0 Å². The van der Waals surface area contributed by atoms with Gasteiger partial charge in [0.1, 0.15) is 0 Å². The Morgan fingerprint density at radius 2 is 2.08 bits per heavy atom. The van der Waals surface area contributed by atoms with Crippen molar-refractivity contribution < 1.29 is 4.74 Å². The lowest BCUT2D eigenvalue weighted by Gasteiger charge is -2.26. The number of rotatable bonds is 3. The molecule has 2 saturated carbocycles. The highest BCUT2D eigenvalue weighted by Gasteiger charge is 2.46. The minimum absolute atomic E-state index is 0. The maximum Gasteiger partial charge on any atom is 0.194 e. The van der Waals surface area contributed by atoms with E-state index in [4.69, 9.17) is 9.73 Å². The fourth-order valence-corrected chi connectivity index (χ4v) is 5.10. The number of hydrogen-bond acceptors (Lipinski definition) is 2. The van der Waals surface area contributed by atoms with Gasteiger partial charge in [0.25, 0.3) is 0 Å². The lowest BCUT2D eigenvalue weighted by Crippen LogP contribution is -2.43. The molecule has 2 aliphatic carbocycles. The highest BCUT2D eigenvalue weighted by molar-refractivity contribution is 14.0. The van der Waals surface area contributed by atoms with E-state index in [1.165, 1.54) is 57.3 Å². The van der Waals surface area contributed by atoms with E-state index >= 15 is 0 Å². The largest absolute Gasteiger partial charge is 0.381 e. The third-order valence-corrected chi connectivity index (χ3v) is 6.64. The molecule has 1 spiro atoms. The lowest BCUT2D eigenvalue weighted by molar-refractivity contribution is 0.156.